The molecule has 0 spiro atoms. The molecule has 3 N–H and O–H groups in total. The van der Waals surface area contributed by atoms with Crippen molar-refractivity contribution in [1.82, 2.24) is 0 Å². The molecule has 9 nitrogen and oxygen atoms in total. The number of hydrogen-bond acceptors (Lipinski definition) is 7. The first-order valence-corrected chi connectivity index (χ1v) is 8.13. The van der Waals surface area contributed by atoms with Gasteiger partial charge in [0.2, 0.25) is 0 Å². The van der Waals surface area contributed by atoms with Gasteiger partial charge in [-0.2, -0.15) is 0 Å². The van der Waals surface area contributed by atoms with Gasteiger partial charge < -0.3 is 30.0 Å². The summed E-state index contributed by atoms with van der Waals surface area (Å²) in [6.45, 7) is -0.729. The predicted octanol–water partition coefficient (Wildman–Crippen LogP) is 1.36. The number of rotatable bonds is 9. The van der Waals surface area contributed by atoms with E-state index in [1.165, 1.54) is 38.5 Å². The molecule has 9 heteroatoms. The van der Waals surface area contributed by atoms with Crippen molar-refractivity contribution in [3.05, 3.63) is 48.0 Å². The quantitative estimate of drug-likeness (QED) is 0.621. The minimum absolute atomic E-state index is 0.227. The highest BCUT2D eigenvalue weighted by Gasteiger charge is 2.12. The number of methoxy groups -OCH3 is 2. The van der Waals surface area contributed by atoms with Gasteiger partial charge in [0.25, 0.3) is 11.8 Å². The Bertz CT molecular complexity index is 850. The number of esters is 1. The van der Waals surface area contributed by atoms with Crippen molar-refractivity contribution in [2.75, 3.05) is 32.8 Å². The lowest BCUT2D eigenvalue weighted by Crippen LogP contribution is -2.21. The standard InChI is InChI=1S/C19H20N2O7/c1-25-15-8-5-13(9-16(15)26-2)21-18(23)11-28-19(24)12-3-6-14(7-4-12)27-10-17(20)22/h3-9H,10-11H2,1-2H3,(H2,20,22)(H,21,23). The van der Waals surface area contributed by atoms with Crippen LogP contribution in [0.5, 0.6) is 17.2 Å². The van der Waals surface area contributed by atoms with E-state index < -0.39 is 24.4 Å². The van der Waals surface area contributed by atoms with E-state index in [0.717, 1.165) is 0 Å². The Balaban J connectivity index is 1.86. The molecule has 0 saturated carbocycles. The number of hydrogen-bond donors (Lipinski definition) is 2. The SMILES string of the molecule is COc1ccc(NC(=O)COC(=O)c2ccc(OCC(N)=O)cc2)cc1OC. The zero-order valence-electron chi connectivity index (χ0n) is 15.4. The van der Waals surface area contributed by atoms with Gasteiger partial charge in [-0.05, 0) is 36.4 Å². The van der Waals surface area contributed by atoms with Gasteiger partial charge >= 0.3 is 5.97 Å². The van der Waals surface area contributed by atoms with E-state index in [-0.39, 0.29) is 12.2 Å². The van der Waals surface area contributed by atoms with Crippen molar-refractivity contribution in [2.24, 2.45) is 5.73 Å². The summed E-state index contributed by atoms with van der Waals surface area (Å²) in [6, 6.07) is 10.7. The fourth-order valence-electron chi connectivity index (χ4n) is 2.17. The summed E-state index contributed by atoms with van der Waals surface area (Å²) in [5.74, 6) is -0.442. The molecule has 2 amide bonds. The van der Waals surface area contributed by atoms with Gasteiger partial charge in [-0.15, -0.1) is 0 Å². The van der Waals surface area contributed by atoms with Gasteiger partial charge in [0.05, 0.1) is 19.8 Å². The zero-order valence-corrected chi connectivity index (χ0v) is 15.4. The van der Waals surface area contributed by atoms with Crippen LogP contribution in [0, 0.1) is 0 Å². The second kappa shape index (κ2) is 9.81. The fraction of sp³-hybridized carbons (Fsp3) is 0.211. The van der Waals surface area contributed by atoms with E-state index in [9.17, 15) is 14.4 Å². The normalized spacial score (nSPS) is 9.93. The number of primary amides is 1. The molecule has 0 heterocycles. The second-order valence-electron chi connectivity index (χ2n) is 5.47. The highest BCUT2D eigenvalue weighted by atomic mass is 16.5. The molecule has 2 aromatic carbocycles. The summed E-state index contributed by atoms with van der Waals surface area (Å²) in [5, 5.41) is 2.60. The molecule has 0 bridgehead atoms. The van der Waals surface area contributed by atoms with Crippen molar-refractivity contribution in [3.63, 3.8) is 0 Å². The first-order valence-electron chi connectivity index (χ1n) is 8.13. The monoisotopic (exact) mass is 388 g/mol. The average molecular weight is 388 g/mol. The summed E-state index contributed by atoms with van der Waals surface area (Å²) >= 11 is 0. The number of benzene rings is 2. The van der Waals surface area contributed by atoms with Gasteiger partial charge in [0.15, 0.2) is 24.7 Å². The number of amides is 2. The largest absolute Gasteiger partial charge is 0.493 e. The molecule has 28 heavy (non-hydrogen) atoms. The van der Waals surface area contributed by atoms with Crippen molar-refractivity contribution in [3.8, 4) is 17.2 Å². The highest BCUT2D eigenvalue weighted by Crippen LogP contribution is 2.29. The van der Waals surface area contributed by atoms with Crippen LogP contribution in [0.1, 0.15) is 10.4 Å². The van der Waals surface area contributed by atoms with Crippen LogP contribution in [-0.4, -0.2) is 45.2 Å². The average Bonchev–Trinajstić information content (AvgIpc) is 2.70. The van der Waals surface area contributed by atoms with Crippen LogP contribution in [0.4, 0.5) is 5.69 Å². The summed E-state index contributed by atoms with van der Waals surface area (Å²) in [5.41, 5.74) is 5.68. The molecular weight excluding hydrogens is 368 g/mol. The van der Waals surface area contributed by atoms with E-state index in [0.29, 0.717) is 22.9 Å². The first kappa shape index (κ1) is 20.6. The van der Waals surface area contributed by atoms with Crippen LogP contribution in [0.15, 0.2) is 42.5 Å². The molecule has 0 aromatic heterocycles. The van der Waals surface area contributed by atoms with E-state index in [1.807, 2.05) is 0 Å². The minimum Gasteiger partial charge on any atom is -0.493 e. The third-order valence-corrected chi connectivity index (χ3v) is 3.47. The Morgan fingerprint density at radius 2 is 1.61 bits per heavy atom. The molecule has 0 atom stereocenters. The maximum Gasteiger partial charge on any atom is 0.338 e. The molecule has 0 aliphatic heterocycles. The van der Waals surface area contributed by atoms with Crippen LogP contribution in [-0.2, 0) is 14.3 Å². The molecule has 148 valence electrons. The summed E-state index contributed by atoms with van der Waals surface area (Å²) in [6.07, 6.45) is 0. The van der Waals surface area contributed by atoms with E-state index in [2.05, 4.69) is 5.32 Å². The van der Waals surface area contributed by atoms with Gasteiger partial charge in [-0.25, -0.2) is 4.79 Å². The Kier molecular flexibility index (Phi) is 7.21. The van der Waals surface area contributed by atoms with Crippen LogP contribution in [0.3, 0.4) is 0 Å². The summed E-state index contributed by atoms with van der Waals surface area (Å²) in [4.78, 5) is 34.7. The van der Waals surface area contributed by atoms with Gasteiger partial charge in [-0.1, -0.05) is 0 Å². The number of carbonyl (C=O) groups excluding carboxylic acids is 3. The highest BCUT2D eigenvalue weighted by molar-refractivity contribution is 5.95. The van der Waals surface area contributed by atoms with Crippen LogP contribution in [0.25, 0.3) is 0 Å². The second-order valence-corrected chi connectivity index (χ2v) is 5.47. The summed E-state index contributed by atoms with van der Waals surface area (Å²) in [7, 11) is 2.99. The Morgan fingerprint density at radius 1 is 0.929 bits per heavy atom. The lowest BCUT2D eigenvalue weighted by atomic mass is 10.2. The lowest BCUT2D eigenvalue weighted by Gasteiger charge is -2.11. The Morgan fingerprint density at radius 3 is 2.21 bits per heavy atom. The number of carbonyl (C=O) groups is 3. The Hall–Kier alpha value is -3.75. The number of anilines is 1. The number of nitrogens with one attached hydrogen (secondary N) is 1. The lowest BCUT2D eigenvalue weighted by molar-refractivity contribution is -0.120. The third-order valence-electron chi connectivity index (χ3n) is 3.47. The molecule has 0 aliphatic rings. The maximum atomic E-state index is 12.0. The first-order chi connectivity index (χ1) is 13.4. The molecule has 0 saturated heterocycles. The van der Waals surface area contributed by atoms with Crippen molar-refractivity contribution in [1.29, 1.82) is 0 Å². The molecule has 0 unspecified atom stereocenters. The zero-order chi connectivity index (χ0) is 20.5. The number of ether oxygens (including phenoxy) is 4. The Labute approximate surface area is 161 Å². The molecule has 2 rings (SSSR count). The molecule has 0 radical (unpaired) electrons. The van der Waals surface area contributed by atoms with Gasteiger partial charge in [-0.3, -0.25) is 9.59 Å². The van der Waals surface area contributed by atoms with Gasteiger partial charge in [0.1, 0.15) is 5.75 Å². The number of nitrogens with two attached hydrogens (primary N) is 1. The smallest absolute Gasteiger partial charge is 0.338 e. The fourth-order valence-corrected chi connectivity index (χ4v) is 2.17. The van der Waals surface area contributed by atoms with Crippen LogP contribution in [0.2, 0.25) is 0 Å². The minimum atomic E-state index is -0.677. The van der Waals surface area contributed by atoms with Gasteiger partial charge in [0, 0.05) is 11.8 Å². The molecule has 0 fully saturated rings. The predicted molar refractivity (Wildman–Crippen MR) is 99.6 cm³/mol. The maximum absolute atomic E-state index is 12.0. The van der Waals surface area contributed by atoms with Crippen molar-refractivity contribution < 1.29 is 33.3 Å². The van der Waals surface area contributed by atoms with E-state index in [1.54, 1.807) is 18.2 Å². The topological polar surface area (TPSA) is 126 Å². The van der Waals surface area contributed by atoms with Crippen LogP contribution < -0.4 is 25.3 Å². The van der Waals surface area contributed by atoms with Crippen molar-refractivity contribution >= 4 is 23.5 Å². The summed E-state index contributed by atoms with van der Waals surface area (Å²) < 4.78 is 20.3. The molecule has 0 aliphatic carbocycles. The third kappa shape index (κ3) is 5.90. The van der Waals surface area contributed by atoms with Crippen LogP contribution >= 0.6 is 0 Å². The van der Waals surface area contributed by atoms with E-state index in [4.69, 9.17) is 24.7 Å². The van der Waals surface area contributed by atoms with E-state index >= 15 is 0 Å². The molecular formula is C19H20N2O7. The molecule has 2 aromatic rings. The van der Waals surface area contributed by atoms with Crippen molar-refractivity contribution in [2.45, 2.75) is 0 Å².